The fourth-order valence-electron chi connectivity index (χ4n) is 4.67. The molecule has 34 heavy (non-hydrogen) atoms. The number of ether oxygens (including phenoxy) is 1. The van der Waals surface area contributed by atoms with Crippen molar-refractivity contribution in [3.05, 3.63) is 76.6 Å². The summed E-state index contributed by atoms with van der Waals surface area (Å²) in [6.07, 6.45) is 2.74. The van der Waals surface area contributed by atoms with Crippen LogP contribution < -0.4 is 26.9 Å². The number of para-hydroxylation sites is 1. The Hall–Kier alpha value is -3.56. The molecule has 2 aromatic carbocycles. The maximum atomic E-state index is 12.5. The number of nitrogens with zero attached hydrogens (tertiary/aromatic N) is 1. The highest BCUT2D eigenvalue weighted by Crippen LogP contribution is 2.34. The molecule has 1 fully saturated rings. The average Bonchev–Trinajstić information content (AvgIpc) is 3.20. The van der Waals surface area contributed by atoms with E-state index in [4.69, 9.17) is 16.2 Å². The number of amides is 2. The molecule has 3 unspecified atom stereocenters. The molecule has 0 radical (unpaired) electrons. The number of hydrogen-bond donors (Lipinski definition) is 5. The number of rotatable bonds is 7. The summed E-state index contributed by atoms with van der Waals surface area (Å²) in [5, 5.41) is 14.8. The molecular weight excluding hydrogens is 434 g/mol. The van der Waals surface area contributed by atoms with Gasteiger partial charge in [-0.3, -0.25) is 14.6 Å². The van der Waals surface area contributed by atoms with Crippen molar-refractivity contribution >= 4 is 11.8 Å². The predicted molar refractivity (Wildman–Crippen MR) is 127 cm³/mol. The highest BCUT2D eigenvalue weighted by Gasteiger charge is 2.38. The van der Waals surface area contributed by atoms with Gasteiger partial charge in [0.05, 0.1) is 30.4 Å². The van der Waals surface area contributed by atoms with Gasteiger partial charge in [0.15, 0.2) is 0 Å². The number of nitrogens with one attached hydrogen (secondary N) is 2. The lowest BCUT2D eigenvalue weighted by molar-refractivity contribution is -0.114. The molecule has 1 saturated carbocycles. The number of carbonyl (C=O) groups is 2. The molecule has 1 heterocycles. The van der Waals surface area contributed by atoms with Gasteiger partial charge in [-0.05, 0) is 48.9 Å². The van der Waals surface area contributed by atoms with Crippen LogP contribution in [0.2, 0.25) is 0 Å². The predicted octanol–water partition coefficient (Wildman–Crippen LogP) is 1.45. The Balaban J connectivity index is 1.45. The summed E-state index contributed by atoms with van der Waals surface area (Å²) in [5.74, 6) is 0.0174. The van der Waals surface area contributed by atoms with Crippen molar-refractivity contribution in [3.8, 4) is 5.75 Å². The zero-order valence-electron chi connectivity index (χ0n) is 19.2. The normalized spacial score (nSPS) is 22.5. The molecule has 0 aromatic heterocycles. The number of aliphatic hydroxyl groups excluding tert-OH is 1. The van der Waals surface area contributed by atoms with Crippen molar-refractivity contribution < 1.29 is 19.4 Å². The van der Waals surface area contributed by atoms with Crippen molar-refractivity contribution in [1.29, 1.82) is 0 Å². The first-order chi connectivity index (χ1) is 16.4. The van der Waals surface area contributed by atoms with Crippen LogP contribution in [0.5, 0.6) is 5.75 Å². The van der Waals surface area contributed by atoms with Crippen LogP contribution in [0.4, 0.5) is 0 Å². The molecule has 4 rings (SSSR count). The number of hydrazine groups is 1. The van der Waals surface area contributed by atoms with Gasteiger partial charge in [-0.2, -0.15) is 0 Å². The fraction of sp³-hybridized carbons (Fsp3) is 0.360. The molecular formula is C25H31N5O4. The van der Waals surface area contributed by atoms with Crippen molar-refractivity contribution in [1.82, 2.24) is 15.8 Å². The second kappa shape index (κ2) is 10.1. The number of nitrogens with two attached hydrogens (primary N) is 2. The lowest BCUT2D eigenvalue weighted by Gasteiger charge is -2.35. The number of aliphatic hydroxyl groups is 1. The van der Waals surface area contributed by atoms with E-state index in [1.807, 2.05) is 30.3 Å². The SMILES string of the molecule is COc1ccccc1C(=O)NCc1ccc(C2NN(C3CCCC(O)C3)C(N)=C2C(N)=O)cc1. The highest BCUT2D eigenvalue weighted by atomic mass is 16.5. The molecule has 1 aliphatic carbocycles. The Kier molecular flexibility index (Phi) is 7.04. The maximum Gasteiger partial charge on any atom is 0.255 e. The van der Waals surface area contributed by atoms with Crippen LogP contribution in [0.15, 0.2) is 59.9 Å². The molecule has 9 nitrogen and oxygen atoms in total. The second-order valence-electron chi connectivity index (χ2n) is 8.69. The average molecular weight is 466 g/mol. The van der Waals surface area contributed by atoms with Gasteiger partial charge in [-0.1, -0.05) is 36.4 Å². The first-order valence-corrected chi connectivity index (χ1v) is 11.4. The minimum Gasteiger partial charge on any atom is -0.496 e. The maximum absolute atomic E-state index is 12.5. The zero-order valence-corrected chi connectivity index (χ0v) is 19.2. The van der Waals surface area contributed by atoms with E-state index in [2.05, 4.69) is 10.7 Å². The van der Waals surface area contributed by atoms with Gasteiger partial charge in [0.2, 0.25) is 5.91 Å². The van der Waals surface area contributed by atoms with Gasteiger partial charge >= 0.3 is 0 Å². The Labute approximate surface area is 198 Å². The van der Waals surface area contributed by atoms with Crippen molar-refractivity contribution in [2.24, 2.45) is 11.5 Å². The Morgan fingerprint density at radius 1 is 1.18 bits per heavy atom. The first-order valence-electron chi connectivity index (χ1n) is 11.4. The molecule has 0 saturated heterocycles. The number of hydrogen-bond acceptors (Lipinski definition) is 7. The van der Waals surface area contributed by atoms with E-state index < -0.39 is 11.9 Å². The zero-order chi connectivity index (χ0) is 24.2. The van der Waals surface area contributed by atoms with Gasteiger partial charge in [-0.25, -0.2) is 5.43 Å². The van der Waals surface area contributed by atoms with E-state index in [0.717, 1.165) is 30.4 Å². The topological polar surface area (TPSA) is 143 Å². The van der Waals surface area contributed by atoms with Gasteiger partial charge in [0, 0.05) is 12.6 Å². The minimum atomic E-state index is -0.581. The van der Waals surface area contributed by atoms with Crippen LogP contribution in [0.25, 0.3) is 0 Å². The van der Waals surface area contributed by atoms with Crippen LogP contribution in [0.3, 0.4) is 0 Å². The van der Waals surface area contributed by atoms with Crippen molar-refractivity contribution in [2.45, 2.75) is 50.4 Å². The summed E-state index contributed by atoms with van der Waals surface area (Å²) in [5.41, 5.74) is 17.8. The molecule has 2 aliphatic rings. The van der Waals surface area contributed by atoms with E-state index in [1.54, 1.807) is 23.2 Å². The van der Waals surface area contributed by atoms with Crippen molar-refractivity contribution in [2.75, 3.05) is 7.11 Å². The smallest absolute Gasteiger partial charge is 0.255 e. The van der Waals surface area contributed by atoms with E-state index >= 15 is 0 Å². The molecule has 2 aromatic rings. The number of primary amides is 1. The molecule has 0 spiro atoms. The van der Waals surface area contributed by atoms with Crippen LogP contribution in [-0.4, -0.2) is 41.2 Å². The van der Waals surface area contributed by atoms with Gasteiger partial charge in [0.25, 0.3) is 5.91 Å². The third kappa shape index (κ3) is 4.85. The third-order valence-electron chi connectivity index (χ3n) is 6.46. The monoisotopic (exact) mass is 465 g/mol. The molecule has 180 valence electrons. The Morgan fingerprint density at radius 2 is 1.91 bits per heavy atom. The van der Waals surface area contributed by atoms with E-state index in [1.165, 1.54) is 7.11 Å². The summed E-state index contributed by atoms with van der Waals surface area (Å²) >= 11 is 0. The van der Waals surface area contributed by atoms with Crippen molar-refractivity contribution in [3.63, 3.8) is 0 Å². The quantitative estimate of drug-likeness (QED) is 0.416. The lowest BCUT2D eigenvalue weighted by Crippen LogP contribution is -2.46. The van der Waals surface area contributed by atoms with Crippen LogP contribution >= 0.6 is 0 Å². The van der Waals surface area contributed by atoms with Crippen LogP contribution in [0.1, 0.15) is 53.2 Å². The molecule has 9 heteroatoms. The van der Waals surface area contributed by atoms with Crippen LogP contribution in [0, 0.1) is 0 Å². The lowest BCUT2D eigenvalue weighted by atomic mass is 9.92. The van der Waals surface area contributed by atoms with E-state index in [-0.39, 0.29) is 18.1 Å². The largest absolute Gasteiger partial charge is 0.496 e. The highest BCUT2D eigenvalue weighted by molar-refractivity contribution is 5.97. The van der Waals surface area contributed by atoms with Crippen LogP contribution in [-0.2, 0) is 11.3 Å². The first kappa shape index (κ1) is 23.6. The summed E-state index contributed by atoms with van der Waals surface area (Å²) in [6, 6.07) is 14.1. The van der Waals surface area contributed by atoms with E-state index in [0.29, 0.717) is 35.7 Å². The molecule has 3 atom stereocenters. The Bertz CT molecular complexity index is 1080. The Morgan fingerprint density at radius 3 is 2.59 bits per heavy atom. The summed E-state index contributed by atoms with van der Waals surface area (Å²) in [7, 11) is 1.53. The summed E-state index contributed by atoms with van der Waals surface area (Å²) in [4.78, 5) is 24.8. The van der Waals surface area contributed by atoms with E-state index in [9.17, 15) is 14.7 Å². The van der Waals surface area contributed by atoms with Gasteiger partial charge in [-0.15, -0.1) is 0 Å². The molecule has 7 N–H and O–H groups in total. The third-order valence-corrected chi connectivity index (χ3v) is 6.46. The minimum absolute atomic E-state index is 0.00689. The molecule has 2 amide bonds. The summed E-state index contributed by atoms with van der Waals surface area (Å²) in [6.45, 7) is 0.335. The molecule has 0 bridgehead atoms. The van der Waals surface area contributed by atoms with Gasteiger partial charge < -0.3 is 26.6 Å². The molecule has 1 aliphatic heterocycles. The fourth-order valence-corrected chi connectivity index (χ4v) is 4.67. The number of carbonyl (C=O) groups excluding carboxylic acids is 2. The standard InChI is InChI=1S/C25H31N5O4/c1-34-20-8-3-2-7-19(20)25(33)28-14-15-9-11-16(12-10-15)22-21(24(27)32)23(26)30(29-22)17-5-4-6-18(31)13-17/h2-3,7-12,17-18,22,29,31H,4-6,13-14,26H2,1H3,(H2,27,32)(H,28,33). The number of methoxy groups -OCH3 is 1. The number of benzene rings is 2. The van der Waals surface area contributed by atoms with Gasteiger partial charge in [0.1, 0.15) is 11.6 Å². The summed E-state index contributed by atoms with van der Waals surface area (Å²) < 4.78 is 5.25. The second-order valence-corrected chi connectivity index (χ2v) is 8.69.